The minimum absolute atomic E-state index is 0.00643. The van der Waals surface area contributed by atoms with Gasteiger partial charge in [0.05, 0.1) is 17.0 Å². The highest BCUT2D eigenvalue weighted by Gasteiger charge is 2.35. The van der Waals surface area contributed by atoms with Gasteiger partial charge in [-0.15, -0.1) is 0 Å². The summed E-state index contributed by atoms with van der Waals surface area (Å²) in [7, 11) is 0. The van der Waals surface area contributed by atoms with Gasteiger partial charge >= 0.3 is 6.18 Å². The van der Waals surface area contributed by atoms with Crippen molar-refractivity contribution in [2.45, 2.75) is 31.5 Å². The van der Waals surface area contributed by atoms with Gasteiger partial charge in [0.15, 0.2) is 0 Å². The predicted octanol–water partition coefficient (Wildman–Crippen LogP) is 4.47. The first-order chi connectivity index (χ1) is 11.5. The topological polar surface area (TPSA) is 53.6 Å². The molecule has 0 radical (unpaired) electrons. The van der Waals surface area contributed by atoms with E-state index in [9.17, 15) is 13.2 Å². The van der Waals surface area contributed by atoms with E-state index in [2.05, 4.69) is 26.3 Å². The van der Waals surface area contributed by atoms with Crippen LogP contribution in [0.5, 0.6) is 0 Å². The summed E-state index contributed by atoms with van der Waals surface area (Å²) in [5, 5.41) is 3.20. The molecule has 0 aliphatic heterocycles. The first-order valence-corrected chi connectivity index (χ1v) is 7.77. The molecule has 1 aliphatic carbocycles. The van der Waals surface area contributed by atoms with Crippen molar-refractivity contribution < 1.29 is 13.2 Å². The summed E-state index contributed by atoms with van der Waals surface area (Å²) < 4.78 is 39.7. The molecule has 0 fully saturated rings. The number of hydrogen-bond acceptors (Lipinski definition) is 3. The monoisotopic (exact) mass is 332 g/mol. The Bertz CT molecular complexity index is 885. The van der Waals surface area contributed by atoms with E-state index in [1.165, 1.54) is 11.9 Å². The van der Waals surface area contributed by atoms with E-state index in [-0.39, 0.29) is 22.9 Å². The van der Waals surface area contributed by atoms with E-state index in [4.69, 9.17) is 0 Å². The molecule has 0 saturated heterocycles. The largest absolute Gasteiger partial charge is 0.418 e. The lowest BCUT2D eigenvalue weighted by molar-refractivity contribution is -0.136. The number of rotatable bonds is 2. The Morgan fingerprint density at radius 3 is 2.83 bits per heavy atom. The van der Waals surface area contributed by atoms with Crippen molar-refractivity contribution >= 4 is 16.9 Å². The quantitative estimate of drug-likeness (QED) is 0.728. The lowest BCUT2D eigenvalue weighted by atomic mass is 9.88. The standard InChI is InChI=1S/C17H15F3N4/c18-17(19,20)12-8-21-15-14(12)16(23-9-22-15)24-13-7-3-5-10-4-1-2-6-11(10)13/h1-2,4,6,8-9,13H,3,5,7H2,(H2,21,22,23,24). The van der Waals surface area contributed by atoms with Crippen LogP contribution >= 0.6 is 0 Å². The molecule has 1 aromatic carbocycles. The van der Waals surface area contributed by atoms with Crippen molar-refractivity contribution in [2.24, 2.45) is 0 Å². The highest BCUT2D eigenvalue weighted by atomic mass is 19.4. The summed E-state index contributed by atoms with van der Waals surface area (Å²) >= 11 is 0. The van der Waals surface area contributed by atoms with Gasteiger partial charge in [-0.05, 0) is 30.4 Å². The Morgan fingerprint density at radius 2 is 2.00 bits per heavy atom. The van der Waals surface area contributed by atoms with Crippen molar-refractivity contribution in [1.29, 1.82) is 0 Å². The number of nitrogens with one attached hydrogen (secondary N) is 2. The molecule has 24 heavy (non-hydrogen) atoms. The Morgan fingerprint density at radius 1 is 1.17 bits per heavy atom. The maximum absolute atomic E-state index is 13.2. The molecule has 1 unspecified atom stereocenters. The highest BCUT2D eigenvalue weighted by molar-refractivity contribution is 5.91. The lowest BCUT2D eigenvalue weighted by Crippen LogP contribution is -2.18. The number of aromatic amines is 1. The van der Waals surface area contributed by atoms with Gasteiger partial charge in [-0.1, -0.05) is 24.3 Å². The van der Waals surface area contributed by atoms with E-state index in [1.807, 2.05) is 18.2 Å². The summed E-state index contributed by atoms with van der Waals surface area (Å²) in [5.41, 5.74) is 1.80. The molecule has 0 bridgehead atoms. The summed E-state index contributed by atoms with van der Waals surface area (Å²) in [4.78, 5) is 10.6. The fourth-order valence-corrected chi connectivity index (χ4v) is 3.36. The number of halogens is 3. The van der Waals surface area contributed by atoms with Crippen LogP contribution in [0.4, 0.5) is 19.0 Å². The molecule has 1 aliphatic rings. The van der Waals surface area contributed by atoms with Gasteiger partial charge in [0.2, 0.25) is 0 Å². The first-order valence-electron chi connectivity index (χ1n) is 7.77. The van der Waals surface area contributed by atoms with Crippen LogP contribution in [0.1, 0.15) is 35.6 Å². The molecule has 2 N–H and O–H groups in total. The Kier molecular flexibility index (Phi) is 3.44. The van der Waals surface area contributed by atoms with Gasteiger partial charge in [0.25, 0.3) is 0 Å². The van der Waals surface area contributed by atoms with Gasteiger partial charge in [0, 0.05) is 6.20 Å². The number of nitrogens with zero attached hydrogens (tertiary/aromatic N) is 2. The van der Waals surface area contributed by atoms with Crippen molar-refractivity contribution in [3.8, 4) is 0 Å². The lowest BCUT2D eigenvalue weighted by Gasteiger charge is -2.27. The zero-order valence-electron chi connectivity index (χ0n) is 12.7. The minimum atomic E-state index is -4.45. The molecule has 1 atom stereocenters. The maximum Gasteiger partial charge on any atom is 0.418 e. The average molecular weight is 332 g/mol. The van der Waals surface area contributed by atoms with E-state index < -0.39 is 11.7 Å². The van der Waals surface area contributed by atoms with Crippen LogP contribution in [0.15, 0.2) is 36.8 Å². The molecular formula is C17H15F3N4. The molecule has 7 heteroatoms. The predicted molar refractivity (Wildman–Crippen MR) is 84.6 cm³/mol. The van der Waals surface area contributed by atoms with E-state index in [1.54, 1.807) is 0 Å². The van der Waals surface area contributed by atoms with E-state index in [0.717, 1.165) is 31.0 Å². The van der Waals surface area contributed by atoms with Crippen molar-refractivity contribution in [1.82, 2.24) is 15.0 Å². The Hall–Kier alpha value is -2.57. The normalized spacial score (nSPS) is 17.7. The number of benzene rings is 1. The van der Waals surface area contributed by atoms with E-state index in [0.29, 0.717) is 0 Å². The van der Waals surface area contributed by atoms with Gasteiger partial charge < -0.3 is 10.3 Å². The molecule has 2 aromatic heterocycles. The number of H-pyrrole nitrogens is 1. The fraction of sp³-hybridized carbons (Fsp3) is 0.294. The molecule has 4 rings (SSSR count). The average Bonchev–Trinajstić information content (AvgIpc) is 3.01. The van der Waals surface area contributed by atoms with Gasteiger partial charge in [0.1, 0.15) is 17.8 Å². The molecule has 2 heterocycles. The smallest absolute Gasteiger partial charge is 0.363 e. The number of aromatic nitrogens is 3. The molecule has 0 amide bonds. The summed E-state index contributed by atoms with van der Waals surface area (Å²) in [6.07, 6.45) is 0.598. The SMILES string of the molecule is FC(F)(F)c1c[nH]c2ncnc(NC3CCCc4ccccc43)c12. The number of alkyl halides is 3. The third-order valence-electron chi connectivity index (χ3n) is 4.46. The van der Waals surface area contributed by atoms with Crippen LogP contribution in [-0.2, 0) is 12.6 Å². The van der Waals surface area contributed by atoms with Crippen molar-refractivity contribution in [2.75, 3.05) is 5.32 Å². The van der Waals surface area contributed by atoms with Crippen LogP contribution in [0.3, 0.4) is 0 Å². The van der Waals surface area contributed by atoms with Crippen LogP contribution < -0.4 is 5.32 Å². The van der Waals surface area contributed by atoms with Crippen LogP contribution in [-0.4, -0.2) is 15.0 Å². The van der Waals surface area contributed by atoms with Crippen molar-refractivity contribution in [3.63, 3.8) is 0 Å². The van der Waals surface area contributed by atoms with Crippen molar-refractivity contribution in [3.05, 3.63) is 53.5 Å². The van der Waals surface area contributed by atoms with Gasteiger partial charge in [-0.2, -0.15) is 13.2 Å². The van der Waals surface area contributed by atoms with Crippen LogP contribution in [0, 0.1) is 0 Å². The van der Waals surface area contributed by atoms with Crippen LogP contribution in [0.25, 0.3) is 11.0 Å². The summed E-state index contributed by atoms with van der Waals surface area (Å²) in [5.74, 6) is 0.218. The second kappa shape index (κ2) is 5.51. The first kappa shape index (κ1) is 15.0. The number of fused-ring (bicyclic) bond motifs is 2. The third kappa shape index (κ3) is 2.50. The van der Waals surface area contributed by atoms with E-state index >= 15 is 0 Å². The maximum atomic E-state index is 13.2. The van der Waals surface area contributed by atoms with Crippen LogP contribution in [0.2, 0.25) is 0 Å². The second-order valence-corrected chi connectivity index (χ2v) is 5.93. The number of aryl methyl sites for hydroxylation is 1. The highest BCUT2D eigenvalue weighted by Crippen LogP contribution is 2.39. The summed E-state index contributed by atoms with van der Waals surface area (Å²) in [6, 6.07) is 7.97. The fourth-order valence-electron chi connectivity index (χ4n) is 3.36. The molecule has 0 saturated carbocycles. The summed E-state index contributed by atoms with van der Waals surface area (Å²) in [6.45, 7) is 0. The Balaban J connectivity index is 1.77. The Labute approximate surface area is 136 Å². The molecule has 0 spiro atoms. The minimum Gasteiger partial charge on any atom is -0.363 e. The van der Waals surface area contributed by atoms with Gasteiger partial charge in [-0.25, -0.2) is 9.97 Å². The van der Waals surface area contributed by atoms with Gasteiger partial charge in [-0.3, -0.25) is 0 Å². The zero-order chi connectivity index (χ0) is 16.7. The third-order valence-corrected chi connectivity index (χ3v) is 4.46. The number of anilines is 1. The molecule has 3 aromatic rings. The molecule has 4 nitrogen and oxygen atoms in total. The second-order valence-electron chi connectivity index (χ2n) is 5.93. The number of hydrogen-bond donors (Lipinski definition) is 2. The molecule has 124 valence electrons. The zero-order valence-corrected chi connectivity index (χ0v) is 12.7. The molecular weight excluding hydrogens is 317 g/mol.